The minimum absolute atomic E-state index is 0.00960. The quantitative estimate of drug-likeness (QED) is 0.769. The molecule has 102 valence electrons. The van der Waals surface area contributed by atoms with Crippen molar-refractivity contribution < 1.29 is 22.3 Å². The van der Waals surface area contributed by atoms with Gasteiger partial charge in [-0.25, -0.2) is 13.8 Å². The number of aromatic nitrogens is 2. The summed E-state index contributed by atoms with van der Waals surface area (Å²) in [5.41, 5.74) is 5.42. The Hall–Kier alpha value is -1.80. The van der Waals surface area contributed by atoms with E-state index in [9.17, 15) is 17.6 Å². The van der Waals surface area contributed by atoms with Crippen LogP contribution in [0.15, 0.2) is 6.33 Å². The highest BCUT2D eigenvalue weighted by atomic mass is 19.3. The van der Waals surface area contributed by atoms with Gasteiger partial charge in [0.2, 0.25) is 5.88 Å². The summed E-state index contributed by atoms with van der Waals surface area (Å²) in [5.74, 6) is -4.33. The second-order valence-corrected chi connectivity index (χ2v) is 3.29. The smallest absolute Gasteiger partial charge is 0.324 e. The maximum Gasteiger partial charge on any atom is 0.324 e. The summed E-state index contributed by atoms with van der Waals surface area (Å²) in [4.78, 5) is 7.25. The summed E-state index contributed by atoms with van der Waals surface area (Å²) in [5, 5.41) is 2.05. The van der Waals surface area contributed by atoms with E-state index in [1.807, 2.05) is 5.32 Å². The molecular formula is C9H12F4N4O. The van der Waals surface area contributed by atoms with Crippen LogP contribution < -0.4 is 15.8 Å². The number of ether oxygens (including phenoxy) is 1. The van der Waals surface area contributed by atoms with Crippen LogP contribution in [-0.4, -0.2) is 35.5 Å². The van der Waals surface area contributed by atoms with Gasteiger partial charge < -0.3 is 15.8 Å². The minimum atomic E-state index is -4.16. The third-order valence-electron chi connectivity index (χ3n) is 1.94. The van der Waals surface area contributed by atoms with E-state index in [0.717, 1.165) is 6.33 Å². The van der Waals surface area contributed by atoms with Crippen LogP contribution in [0.4, 0.5) is 29.1 Å². The van der Waals surface area contributed by atoms with E-state index in [0.29, 0.717) is 0 Å². The molecular weight excluding hydrogens is 256 g/mol. The Morgan fingerprint density at radius 3 is 2.67 bits per heavy atom. The first-order chi connectivity index (χ1) is 8.38. The van der Waals surface area contributed by atoms with Gasteiger partial charge in [-0.2, -0.15) is 13.8 Å². The van der Waals surface area contributed by atoms with Crippen molar-refractivity contribution in [1.82, 2.24) is 9.97 Å². The van der Waals surface area contributed by atoms with Crippen molar-refractivity contribution in [2.24, 2.45) is 0 Å². The van der Waals surface area contributed by atoms with Crippen LogP contribution in [0.2, 0.25) is 0 Å². The van der Waals surface area contributed by atoms with Gasteiger partial charge in [0, 0.05) is 0 Å². The molecule has 0 saturated heterocycles. The zero-order valence-electron chi connectivity index (χ0n) is 9.46. The lowest BCUT2D eigenvalue weighted by Gasteiger charge is -2.17. The van der Waals surface area contributed by atoms with Crippen molar-refractivity contribution in [3.63, 3.8) is 0 Å². The summed E-state index contributed by atoms with van der Waals surface area (Å²) >= 11 is 0. The summed E-state index contributed by atoms with van der Waals surface area (Å²) in [7, 11) is 0. The van der Waals surface area contributed by atoms with Crippen molar-refractivity contribution >= 4 is 11.5 Å². The number of nitrogens with one attached hydrogen (secondary N) is 1. The zero-order valence-corrected chi connectivity index (χ0v) is 9.46. The molecule has 1 aromatic heterocycles. The number of nitrogen functional groups attached to an aromatic ring is 1. The molecule has 1 aromatic rings. The number of rotatable bonds is 6. The second kappa shape index (κ2) is 5.69. The molecule has 9 heteroatoms. The van der Waals surface area contributed by atoms with Gasteiger partial charge >= 0.3 is 12.3 Å². The predicted octanol–water partition coefficient (Wildman–Crippen LogP) is 1.77. The fourth-order valence-electron chi connectivity index (χ4n) is 1.05. The molecule has 0 unspecified atom stereocenters. The second-order valence-electron chi connectivity index (χ2n) is 3.29. The van der Waals surface area contributed by atoms with Crippen LogP contribution in [0.5, 0.6) is 5.88 Å². The Balaban J connectivity index is 2.77. The third-order valence-corrected chi connectivity index (χ3v) is 1.94. The number of hydrogen-bond donors (Lipinski definition) is 2. The number of halogens is 4. The molecule has 18 heavy (non-hydrogen) atoms. The Kier molecular flexibility index (Phi) is 4.51. The highest BCUT2D eigenvalue weighted by molar-refractivity contribution is 5.66. The third kappa shape index (κ3) is 3.34. The molecule has 1 heterocycles. The van der Waals surface area contributed by atoms with E-state index >= 15 is 0 Å². The fraction of sp³-hybridized carbons (Fsp3) is 0.556. The molecule has 0 amide bonds. The van der Waals surface area contributed by atoms with E-state index in [1.54, 1.807) is 6.92 Å². The average molecular weight is 268 g/mol. The molecule has 0 spiro atoms. The topological polar surface area (TPSA) is 73.1 Å². The summed E-state index contributed by atoms with van der Waals surface area (Å²) < 4.78 is 54.2. The van der Waals surface area contributed by atoms with E-state index in [-0.39, 0.29) is 24.0 Å². The van der Waals surface area contributed by atoms with Crippen LogP contribution in [0.1, 0.15) is 6.92 Å². The van der Waals surface area contributed by atoms with E-state index in [4.69, 9.17) is 10.5 Å². The molecule has 1 rings (SSSR count). The SMILES string of the molecule is CCOc1ncnc(NCC(F)(F)C(F)F)c1N. The average Bonchev–Trinajstić information content (AvgIpc) is 2.30. The van der Waals surface area contributed by atoms with Gasteiger partial charge in [-0.1, -0.05) is 0 Å². The monoisotopic (exact) mass is 268 g/mol. The molecule has 0 aliphatic carbocycles. The van der Waals surface area contributed by atoms with Crippen molar-refractivity contribution in [3.8, 4) is 5.88 Å². The molecule has 3 N–H and O–H groups in total. The molecule has 0 saturated carbocycles. The van der Waals surface area contributed by atoms with Crippen molar-refractivity contribution in [3.05, 3.63) is 6.33 Å². The van der Waals surface area contributed by atoms with Gasteiger partial charge in [0.25, 0.3) is 0 Å². The first-order valence-corrected chi connectivity index (χ1v) is 5.01. The molecule has 0 bridgehead atoms. The number of alkyl halides is 4. The Morgan fingerprint density at radius 2 is 2.11 bits per heavy atom. The number of hydrogen-bond acceptors (Lipinski definition) is 5. The lowest BCUT2D eigenvalue weighted by molar-refractivity contribution is -0.117. The lowest BCUT2D eigenvalue weighted by Crippen LogP contribution is -2.35. The van der Waals surface area contributed by atoms with Gasteiger partial charge in [-0.3, -0.25) is 0 Å². The number of nitrogens with two attached hydrogens (primary N) is 1. The summed E-state index contributed by atoms with van der Waals surface area (Å²) in [6.07, 6.45) is -2.73. The highest BCUT2D eigenvalue weighted by Crippen LogP contribution is 2.27. The van der Waals surface area contributed by atoms with Crippen molar-refractivity contribution in [1.29, 1.82) is 0 Å². The first-order valence-electron chi connectivity index (χ1n) is 5.01. The maximum atomic E-state index is 12.7. The van der Waals surface area contributed by atoms with Gasteiger partial charge in [0.1, 0.15) is 12.0 Å². The fourth-order valence-corrected chi connectivity index (χ4v) is 1.05. The summed E-state index contributed by atoms with van der Waals surface area (Å²) in [6, 6.07) is 0. The molecule has 5 nitrogen and oxygen atoms in total. The zero-order chi connectivity index (χ0) is 13.8. The largest absolute Gasteiger partial charge is 0.476 e. The Labute approximate surface area is 100 Å². The van der Waals surface area contributed by atoms with Crippen LogP contribution in [-0.2, 0) is 0 Å². The first kappa shape index (κ1) is 14.3. The Bertz CT molecular complexity index is 402. The predicted molar refractivity (Wildman–Crippen MR) is 57.1 cm³/mol. The van der Waals surface area contributed by atoms with Crippen molar-refractivity contribution in [2.45, 2.75) is 19.3 Å². The highest BCUT2D eigenvalue weighted by Gasteiger charge is 2.40. The number of anilines is 2. The molecule has 0 aliphatic heterocycles. The molecule has 0 aliphatic rings. The van der Waals surface area contributed by atoms with Crippen LogP contribution in [0.3, 0.4) is 0 Å². The van der Waals surface area contributed by atoms with Gasteiger partial charge in [0.15, 0.2) is 5.82 Å². The molecule has 0 aromatic carbocycles. The van der Waals surface area contributed by atoms with Gasteiger partial charge in [-0.05, 0) is 6.92 Å². The minimum Gasteiger partial charge on any atom is -0.476 e. The van der Waals surface area contributed by atoms with Gasteiger partial charge in [-0.15, -0.1) is 0 Å². The Morgan fingerprint density at radius 1 is 1.44 bits per heavy atom. The number of nitrogens with zero attached hydrogens (tertiary/aromatic N) is 2. The van der Waals surface area contributed by atoms with E-state index in [1.165, 1.54) is 0 Å². The molecule has 0 atom stereocenters. The van der Waals surface area contributed by atoms with Gasteiger partial charge in [0.05, 0.1) is 13.2 Å². The lowest BCUT2D eigenvalue weighted by atomic mass is 10.3. The van der Waals surface area contributed by atoms with E-state index in [2.05, 4.69) is 9.97 Å². The molecule has 0 radical (unpaired) electrons. The summed E-state index contributed by atoms with van der Waals surface area (Å²) in [6.45, 7) is 0.672. The van der Waals surface area contributed by atoms with E-state index < -0.39 is 18.9 Å². The van der Waals surface area contributed by atoms with Crippen LogP contribution in [0.25, 0.3) is 0 Å². The normalized spacial score (nSPS) is 11.7. The maximum absolute atomic E-state index is 12.7. The van der Waals surface area contributed by atoms with Crippen LogP contribution in [0, 0.1) is 0 Å². The van der Waals surface area contributed by atoms with Crippen LogP contribution >= 0.6 is 0 Å². The molecule has 0 fully saturated rings. The van der Waals surface area contributed by atoms with Crippen molar-refractivity contribution in [2.75, 3.05) is 24.2 Å². The standard InChI is InChI=1S/C9H12F4N4O/c1-2-18-7-5(14)6(16-4-17-7)15-3-9(12,13)8(10)11/h4,8H,2-3,14H2,1H3,(H,15,16,17).